The predicted octanol–water partition coefficient (Wildman–Crippen LogP) is 1.38. The molecule has 2 aromatic rings. The highest BCUT2D eigenvalue weighted by molar-refractivity contribution is 5.84. The second-order valence-electron chi connectivity index (χ2n) is 4.84. The molecule has 0 N–H and O–H groups in total. The summed E-state index contributed by atoms with van der Waals surface area (Å²) < 4.78 is 12.0. The highest BCUT2D eigenvalue weighted by Crippen LogP contribution is 2.29. The van der Waals surface area contributed by atoms with Gasteiger partial charge in [0.15, 0.2) is 0 Å². The molecule has 1 unspecified atom stereocenters. The second-order valence-corrected chi connectivity index (χ2v) is 4.84. The minimum Gasteiger partial charge on any atom is -0.488 e. The van der Waals surface area contributed by atoms with Crippen LogP contribution in [0.3, 0.4) is 0 Å². The molecular weight excluding hydrogens is 258 g/mol. The van der Waals surface area contributed by atoms with Gasteiger partial charge in [-0.2, -0.15) is 0 Å². The molecule has 1 aromatic heterocycles. The van der Waals surface area contributed by atoms with Crippen molar-refractivity contribution in [2.75, 3.05) is 7.11 Å². The number of hydrogen-bond acceptors (Lipinski definition) is 5. The molecule has 3 rings (SSSR count). The monoisotopic (exact) mass is 273 g/mol. The van der Waals surface area contributed by atoms with Gasteiger partial charge < -0.3 is 9.47 Å². The van der Waals surface area contributed by atoms with Crippen LogP contribution in [-0.4, -0.2) is 33.9 Å². The molecule has 1 aromatic carbocycles. The van der Waals surface area contributed by atoms with Gasteiger partial charge in [-0.3, -0.25) is 0 Å². The average molecular weight is 273 g/mol. The van der Waals surface area contributed by atoms with Crippen molar-refractivity contribution in [2.24, 2.45) is 0 Å². The van der Waals surface area contributed by atoms with E-state index in [1.165, 1.54) is 24.6 Å². The summed E-state index contributed by atoms with van der Waals surface area (Å²) in [5, 5.41) is 4.08. The standard InChI is InChI=1S/C14H15N3O3/c1-9-3-4-12-10(5-9)6-11(20-12)7-17-8-15-13(16-17)14(18)19-2/h3-5,8,11H,6-7H2,1-2H3. The lowest BCUT2D eigenvalue weighted by atomic mass is 10.1. The summed E-state index contributed by atoms with van der Waals surface area (Å²) in [5.74, 6) is 0.461. The van der Waals surface area contributed by atoms with E-state index in [9.17, 15) is 4.79 Å². The maximum absolute atomic E-state index is 11.3. The quantitative estimate of drug-likeness (QED) is 0.790. The van der Waals surface area contributed by atoms with E-state index < -0.39 is 5.97 Å². The number of aromatic nitrogens is 3. The molecule has 1 aliphatic heterocycles. The Morgan fingerprint density at radius 2 is 2.40 bits per heavy atom. The van der Waals surface area contributed by atoms with Crippen molar-refractivity contribution in [1.82, 2.24) is 14.8 Å². The summed E-state index contributed by atoms with van der Waals surface area (Å²) in [6, 6.07) is 6.16. The van der Waals surface area contributed by atoms with Gasteiger partial charge in [-0.15, -0.1) is 5.10 Å². The van der Waals surface area contributed by atoms with Crippen molar-refractivity contribution in [1.29, 1.82) is 0 Å². The van der Waals surface area contributed by atoms with Gasteiger partial charge in [0.05, 0.1) is 13.7 Å². The van der Waals surface area contributed by atoms with E-state index in [0.717, 1.165) is 12.2 Å². The maximum atomic E-state index is 11.3. The van der Waals surface area contributed by atoms with Crippen molar-refractivity contribution in [3.8, 4) is 5.75 Å². The third-order valence-electron chi connectivity index (χ3n) is 3.25. The Bertz CT molecular complexity index is 651. The molecule has 6 heteroatoms. The van der Waals surface area contributed by atoms with Gasteiger partial charge in [0, 0.05) is 6.42 Å². The van der Waals surface area contributed by atoms with Crippen molar-refractivity contribution in [3.05, 3.63) is 41.5 Å². The van der Waals surface area contributed by atoms with Gasteiger partial charge in [-0.1, -0.05) is 17.7 Å². The Morgan fingerprint density at radius 3 is 3.20 bits per heavy atom. The van der Waals surface area contributed by atoms with Crippen LogP contribution in [0.1, 0.15) is 21.7 Å². The first kappa shape index (κ1) is 12.7. The Balaban J connectivity index is 1.68. The molecule has 2 heterocycles. The van der Waals surface area contributed by atoms with E-state index in [4.69, 9.17) is 4.74 Å². The van der Waals surface area contributed by atoms with Crippen LogP contribution in [-0.2, 0) is 17.7 Å². The minimum absolute atomic E-state index is 0.0130. The average Bonchev–Trinajstić information content (AvgIpc) is 3.04. The second kappa shape index (κ2) is 4.96. The number of nitrogens with zero attached hydrogens (tertiary/aromatic N) is 3. The summed E-state index contributed by atoms with van der Waals surface area (Å²) >= 11 is 0. The highest BCUT2D eigenvalue weighted by Gasteiger charge is 2.24. The molecule has 20 heavy (non-hydrogen) atoms. The molecule has 6 nitrogen and oxygen atoms in total. The Labute approximate surface area is 116 Å². The minimum atomic E-state index is -0.532. The molecule has 0 saturated carbocycles. The van der Waals surface area contributed by atoms with E-state index in [1.807, 2.05) is 12.1 Å². The number of aryl methyl sites for hydroxylation is 1. The number of carbonyl (C=O) groups excluding carboxylic acids is 1. The van der Waals surface area contributed by atoms with Gasteiger partial charge in [-0.05, 0) is 18.6 Å². The van der Waals surface area contributed by atoms with Crippen molar-refractivity contribution in [2.45, 2.75) is 26.0 Å². The lowest BCUT2D eigenvalue weighted by Crippen LogP contribution is -2.21. The smallest absolute Gasteiger partial charge is 0.377 e. The first-order valence-electron chi connectivity index (χ1n) is 6.39. The summed E-state index contributed by atoms with van der Waals surface area (Å²) in [7, 11) is 1.31. The summed E-state index contributed by atoms with van der Waals surface area (Å²) in [5.41, 5.74) is 2.44. The van der Waals surface area contributed by atoms with E-state index in [1.54, 1.807) is 4.68 Å². The Kier molecular flexibility index (Phi) is 3.14. The molecule has 0 saturated heterocycles. The molecule has 0 radical (unpaired) electrons. The number of esters is 1. The highest BCUT2D eigenvalue weighted by atomic mass is 16.5. The van der Waals surface area contributed by atoms with E-state index in [-0.39, 0.29) is 11.9 Å². The van der Waals surface area contributed by atoms with E-state index >= 15 is 0 Å². The SMILES string of the molecule is COC(=O)c1ncn(CC2Cc3cc(C)ccc3O2)n1. The van der Waals surface area contributed by atoms with Crippen molar-refractivity contribution >= 4 is 5.97 Å². The molecular formula is C14H15N3O3. The lowest BCUT2D eigenvalue weighted by molar-refractivity contribution is 0.0586. The van der Waals surface area contributed by atoms with Crippen molar-refractivity contribution in [3.63, 3.8) is 0 Å². The summed E-state index contributed by atoms with van der Waals surface area (Å²) in [6.07, 6.45) is 2.37. The van der Waals surface area contributed by atoms with Crippen LogP contribution < -0.4 is 4.74 Å². The molecule has 0 bridgehead atoms. The molecule has 0 spiro atoms. The van der Waals surface area contributed by atoms with Crippen LogP contribution >= 0.6 is 0 Å². The van der Waals surface area contributed by atoms with Crippen LogP contribution in [0.2, 0.25) is 0 Å². The molecule has 1 atom stereocenters. The Hall–Kier alpha value is -2.37. The number of ether oxygens (including phenoxy) is 2. The van der Waals surface area contributed by atoms with Gasteiger partial charge in [-0.25, -0.2) is 14.5 Å². The molecule has 104 valence electrons. The largest absolute Gasteiger partial charge is 0.488 e. The van der Waals surface area contributed by atoms with Crippen LogP contribution in [0.5, 0.6) is 5.75 Å². The van der Waals surface area contributed by atoms with Gasteiger partial charge in [0.1, 0.15) is 18.2 Å². The fourth-order valence-corrected chi connectivity index (χ4v) is 2.33. The number of carbonyl (C=O) groups is 1. The topological polar surface area (TPSA) is 66.2 Å². The number of hydrogen-bond donors (Lipinski definition) is 0. The van der Waals surface area contributed by atoms with Crippen molar-refractivity contribution < 1.29 is 14.3 Å². The lowest BCUT2D eigenvalue weighted by Gasteiger charge is -2.09. The predicted molar refractivity (Wildman–Crippen MR) is 70.7 cm³/mol. The van der Waals surface area contributed by atoms with Crippen LogP contribution in [0.4, 0.5) is 0 Å². The van der Waals surface area contributed by atoms with E-state index in [2.05, 4.69) is 27.8 Å². The molecule has 0 amide bonds. The summed E-state index contributed by atoms with van der Waals surface area (Å²) in [4.78, 5) is 15.2. The third kappa shape index (κ3) is 2.36. The number of methoxy groups -OCH3 is 1. The van der Waals surface area contributed by atoms with E-state index in [0.29, 0.717) is 6.54 Å². The van der Waals surface area contributed by atoms with Gasteiger partial charge in [0.2, 0.25) is 0 Å². The zero-order chi connectivity index (χ0) is 14.1. The molecule has 0 aliphatic carbocycles. The summed E-state index contributed by atoms with van der Waals surface area (Å²) in [6.45, 7) is 2.62. The number of fused-ring (bicyclic) bond motifs is 1. The normalized spacial score (nSPS) is 16.6. The van der Waals surface area contributed by atoms with Crippen LogP contribution in [0, 0.1) is 6.92 Å². The van der Waals surface area contributed by atoms with Crippen LogP contribution in [0.15, 0.2) is 24.5 Å². The fraction of sp³-hybridized carbons (Fsp3) is 0.357. The number of rotatable bonds is 3. The Morgan fingerprint density at radius 1 is 1.55 bits per heavy atom. The zero-order valence-electron chi connectivity index (χ0n) is 11.4. The first-order valence-corrected chi connectivity index (χ1v) is 6.39. The van der Waals surface area contributed by atoms with Crippen LogP contribution in [0.25, 0.3) is 0 Å². The molecule has 0 fully saturated rings. The first-order chi connectivity index (χ1) is 9.65. The zero-order valence-corrected chi connectivity index (χ0v) is 11.4. The third-order valence-corrected chi connectivity index (χ3v) is 3.25. The molecule has 1 aliphatic rings. The fourth-order valence-electron chi connectivity index (χ4n) is 2.33. The van der Waals surface area contributed by atoms with Gasteiger partial charge >= 0.3 is 5.97 Å². The maximum Gasteiger partial charge on any atom is 0.377 e. The number of benzene rings is 1. The van der Waals surface area contributed by atoms with Gasteiger partial charge in [0.25, 0.3) is 5.82 Å².